The summed E-state index contributed by atoms with van der Waals surface area (Å²) in [4.78, 5) is 0. The molecule has 2 rings (SSSR count). The zero-order chi connectivity index (χ0) is 11.0. The van der Waals surface area contributed by atoms with Crippen molar-refractivity contribution in [1.82, 2.24) is 0 Å². The summed E-state index contributed by atoms with van der Waals surface area (Å²) >= 11 is 9.31. The highest BCUT2D eigenvalue weighted by Crippen LogP contribution is 2.42. The Hall–Kier alpha value is 0.0400. The van der Waals surface area contributed by atoms with E-state index in [4.69, 9.17) is 17.3 Å². The van der Waals surface area contributed by atoms with E-state index in [1.807, 2.05) is 0 Å². The van der Waals surface area contributed by atoms with Gasteiger partial charge in [0, 0.05) is 16.6 Å². The van der Waals surface area contributed by atoms with E-state index in [2.05, 4.69) is 15.9 Å². The van der Waals surface area contributed by atoms with E-state index in [1.165, 1.54) is 12.8 Å². The molecule has 1 aliphatic carbocycles. The van der Waals surface area contributed by atoms with Crippen molar-refractivity contribution in [1.29, 1.82) is 0 Å². The molecule has 90 valence electrons. The van der Waals surface area contributed by atoms with Crippen molar-refractivity contribution in [3.05, 3.63) is 27.2 Å². The number of phenols is 1. The van der Waals surface area contributed by atoms with Gasteiger partial charge in [0.15, 0.2) is 0 Å². The van der Waals surface area contributed by atoms with Crippen LogP contribution in [0.5, 0.6) is 5.75 Å². The summed E-state index contributed by atoms with van der Waals surface area (Å²) in [5, 5.41) is 10.4. The second-order valence-electron chi connectivity index (χ2n) is 4.08. The van der Waals surface area contributed by atoms with Crippen molar-refractivity contribution in [2.45, 2.75) is 25.3 Å². The highest BCUT2D eigenvalue weighted by molar-refractivity contribution is 9.10. The number of hydrogen-bond donors (Lipinski definition) is 2. The first-order valence-corrected chi connectivity index (χ1v) is 6.19. The van der Waals surface area contributed by atoms with E-state index >= 15 is 0 Å². The molecule has 0 aromatic heterocycles. The molecule has 1 fully saturated rings. The van der Waals surface area contributed by atoms with Gasteiger partial charge in [0.2, 0.25) is 0 Å². The molecule has 0 bridgehead atoms. The van der Waals surface area contributed by atoms with Crippen LogP contribution < -0.4 is 5.73 Å². The molecule has 0 amide bonds. The quantitative estimate of drug-likeness (QED) is 0.880. The van der Waals surface area contributed by atoms with Gasteiger partial charge in [-0.3, -0.25) is 0 Å². The van der Waals surface area contributed by atoms with Crippen LogP contribution in [0.1, 0.15) is 30.9 Å². The lowest BCUT2D eigenvalue weighted by molar-refractivity contribution is 0.452. The molecule has 0 aliphatic heterocycles. The van der Waals surface area contributed by atoms with E-state index in [1.54, 1.807) is 12.1 Å². The Kier molecular flexibility index (Phi) is 4.92. The van der Waals surface area contributed by atoms with Crippen molar-refractivity contribution < 1.29 is 5.11 Å². The lowest BCUT2D eigenvalue weighted by Gasteiger charge is -2.15. The van der Waals surface area contributed by atoms with E-state index in [9.17, 15) is 5.11 Å². The lowest BCUT2D eigenvalue weighted by atomic mass is 10.0. The molecule has 0 spiro atoms. The van der Waals surface area contributed by atoms with Crippen molar-refractivity contribution in [2.75, 3.05) is 0 Å². The molecular weight excluding hydrogens is 313 g/mol. The number of hydrogen-bond acceptors (Lipinski definition) is 2. The summed E-state index contributed by atoms with van der Waals surface area (Å²) in [6.07, 6.45) is 3.41. The van der Waals surface area contributed by atoms with Crippen molar-refractivity contribution in [2.24, 2.45) is 11.7 Å². The molecule has 0 saturated heterocycles. The third-order valence-corrected chi connectivity index (χ3v) is 3.74. The minimum Gasteiger partial charge on any atom is -0.506 e. The predicted molar refractivity (Wildman–Crippen MR) is 72.3 cm³/mol. The largest absolute Gasteiger partial charge is 0.506 e. The molecule has 0 radical (unpaired) electrons. The fourth-order valence-corrected chi connectivity index (χ4v) is 2.38. The summed E-state index contributed by atoms with van der Waals surface area (Å²) in [6, 6.07) is 3.32. The van der Waals surface area contributed by atoms with Crippen LogP contribution in [0.3, 0.4) is 0 Å². The van der Waals surface area contributed by atoms with Gasteiger partial charge in [0.1, 0.15) is 5.75 Å². The van der Waals surface area contributed by atoms with E-state index in [0.717, 1.165) is 12.3 Å². The maximum absolute atomic E-state index is 9.87. The van der Waals surface area contributed by atoms with Crippen molar-refractivity contribution >= 4 is 39.9 Å². The number of halogens is 3. The number of phenolic OH excluding ortho intramolecular Hbond substituents is 1. The number of rotatable bonds is 3. The predicted octanol–water partition coefficient (Wildman–Crippen LogP) is 4.03. The van der Waals surface area contributed by atoms with Gasteiger partial charge in [-0.15, -0.1) is 12.4 Å². The third-order valence-electron chi connectivity index (χ3n) is 2.77. The molecule has 1 aromatic carbocycles. The summed E-state index contributed by atoms with van der Waals surface area (Å²) in [7, 11) is 0. The molecule has 5 heteroatoms. The fraction of sp³-hybridized carbons (Fsp3) is 0.455. The summed E-state index contributed by atoms with van der Waals surface area (Å²) < 4.78 is 0.646. The van der Waals surface area contributed by atoms with Crippen LogP contribution in [0.25, 0.3) is 0 Å². The Labute approximate surface area is 115 Å². The minimum absolute atomic E-state index is 0. The second kappa shape index (κ2) is 5.58. The SMILES string of the molecule is Cl.N[C@@H](CC1CC1)c1c(Cl)ccc(Br)c1O. The van der Waals surface area contributed by atoms with Gasteiger partial charge in [-0.25, -0.2) is 0 Å². The first-order valence-electron chi connectivity index (χ1n) is 5.02. The summed E-state index contributed by atoms with van der Waals surface area (Å²) in [6.45, 7) is 0. The first kappa shape index (κ1) is 14.1. The Balaban J connectivity index is 0.00000128. The van der Waals surface area contributed by atoms with Crippen molar-refractivity contribution in [3.8, 4) is 5.75 Å². The molecule has 1 saturated carbocycles. The monoisotopic (exact) mass is 325 g/mol. The summed E-state index contributed by atoms with van der Waals surface area (Å²) in [5.41, 5.74) is 6.71. The second-order valence-corrected chi connectivity index (χ2v) is 5.34. The fourth-order valence-electron chi connectivity index (χ4n) is 1.74. The molecule has 1 aliphatic rings. The molecule has 16 heavy (non-hydrogen) atoms. The average Bonchev–Trinajstić information content (AvgIpc) is 2.96. The zero-order valence-electron chi connectivity index (χ0n) is 8.62. The van der Waals surface area contributed by atoms with Gasteiger partial charge in [-0.1, -0.05) is 24.4 Å². The smallest absolute Gasteiger partial charge is 0.136 e. The Morgan fingerprint density at radius 1 is 1.50 bits per heavy atom. The van der Waals surface area contributed by atoms with Crippen LogP contribution in [0.2, 0.25) is 5.02 Å². The van der Waals surface area contributed by atoms with Gasteiger partial charge < -0.3 is 10.8 Å². The standard InChI is InChI=1S/C11H13BrClNO.ClH/c12-7-3-4-8(13)10(11(7)15)9(14)5-6-1-2-6;/h3-4,6,9,15H,1-2,5,14H2;1H/t9-;/m0./s1. The Bertz CT molecular complexity index is 382. The first-order chi connectivity index (χ1) is 7.09. The summed E-state index contributed by atoms with van der Waals surface area (Å²) in [5.74, 6) is 0.894. The molecule has 2 nitrogen and oxygen atoms in total. The van der Waals surface area contributed by atoms with E-state index < -0.39 is 0 Å². The van der Waals surface area contributed by atoms with Gasteiger partial charge >= 0.3 is 0 Å². The number of benzene rings is 1. The maximum atomic E-state index is 9.87. The molecule has 1 aromatic rings. The normalized spacial score (nSPS) is 16.7. The lowest BCUT2D eigenvalue weighted by Crippen LogP contribution is -2.12. The molecule has 1 atom stereocenters. The van der Waals surface area contributed by atoms with Crippen LogP contribution in [0.4, 0.5) is 0 Å². The Morgan fingerprint density at radius 2 is 2.12 bits per heavy atom. The van der Waals surface area contributed by atoms with Gasteiger partial charge in [0.25, 0.3) is 0 Å². The molecule has 3 N–H and O–H groups in total. The van der Waals surface area contributed by atoms with Gasteiger partial charge in [-0.2, -0.15) is 0 Å². The van der Waals surface area contributed by atoms with Gasteiger partial charge in [-0.05, 0) is 40.4 Å². The van der Waals surface area contributed by atoms with Crippen molar-refractivity contribution in [3.63, 3.8) is 0 Å². The van der Waals surface area contributed by atoms with Crippen LogP contribution >= 0.6 is 39.9 Å². The van der Waals surface area contributed by atoms with E-state index in [0.29, 0.717) is 15.1 Å². The van der Waals surface area contributed by atoms with Crippen LogP contribution in [0.15, 0.2) is 16.6 Å². The number of nitrogens with two attached hydrogens (primary N) is 1. The molecule has 0 heterocycles. The number of aromatic hydroxyl groups is 1. The topological polar surface area (TPSA) is 46.2 Å². The average molecular weight is 327 g/mol. The van der Waals surface area contributed by atoms with Crippen LogP contribution in [-0.4, -0.2) is 5.11 Å². The van der Waals surface area contributed by atoms with E-state index in [-0.39, 0.29) is 24.2 Å². The maximum Gasteiger partial charge on any atom is 0.136 e. The van der Waals surface area contributed by atoms with Gasteiger partial charge in [0.05, 0.1) is 4.47 Å². The third kappa shape index (κ3) is 3.04. The minimum atomic E-state index is -0.164. The highest BCUT2D eigenvalue weighted by atomic mass is 79.9. The molecular formula is C11H14BrCl2NO. The Morgan fingerprint density at radius 3 is 2.69 bits per heavy atom. The molecule has 0 unspecified atom stereocenters. The zero-order valence-corrected chi connectivity index (χ0v) is 11.8. The van der Waals surface area contributed by atoms with Crippen LogP contribution in [0, 0.1) is 5.92 Å². The van der Waals surface area contributed by atoms with Crippen LogP contribution in [-0.2, 0) is 0 Å². The highest BCUT2D eigenvalue weighted by Gasteiger charge is 2.27.